The van der Waals surface area contributed by atoms with Crippen molar-refractivity contribution in [1.82, 2.24) is 28.9 Å². The van der Waals surface area contributed by atoms with Gasteiger partial charge >= 0.3 is 0 Å². The smallest absolute Gasteiger partial charge is 0.266 e. The quantitative estimate of drug-likeness (QED) is 0.316. The summed E-state index contributed by atoms with van der Waals surface area (Å²) in [5, 5.41) is 10.7. The fourth-order valence-electron chi connectivity index (χ4n) is 3.83. The fraction of sp³-hybridized carbons (Fsp3) is 0.0400. The number of benzene rings is 3. The second-order valence-corrected chi connectivity index (χ2v) is 8.98. The largest absolute Gasteiger partial charge is 0.288 e. The summed E-state index contributed by atoms with van der Waals surface area (Å²) in [4.78, 5) is 18.5. The van der Waals surface area contributed by atoms with Gasteiger partial charge in [-0.15, -0.1) is 0 Å². The molecule has 3 aromatic heterocycles. The van der Waals surface area contributed by atoms with Gasteiger partial charge in [-0.05, 0) is 29.8 Å². The van der Waals surface area contributed by atoms with Gasteiger partial charge in [-0.25, -0.2) is 4.68 Å². The van der Waals surface area contributed by atoms with Crippen LogP contribution in [-0.2, 0) is 5.75 Å². The van der Waals surface area contributed by atoms with Crippen LogP contribution in [0.25, 0.3) is 28.2 Å². The molecule has 6 rings (SSSR count). The number of nitrogens with zero attached hydrogens (tertiary/aromatic N) is 6. The lowest BCUT2D eigenvalue weighted by Gasteiger charge is -2.06. The summed E-state index contributed by atoms with van der Waals surface area (Å²) < 4.78 is 4.73. The number of thioether (sulfide) groups is 1. The van der Waals surface area contributed by atoms with Gasteiger partial charge in [0.2, 0.25) is 5.78 Å². The summed E-state index contributed by atoms with van der Waals surface area (Å²) in [5.41, 5.74) is 2.85. The first-order valence-electron chi connectivity index (χ1n) is 10.6. The van der Waals surface area contributed by atoms with E-state index in [0.717, 1.165) is 11.3 Å². The van der Waals surface area contributed by atoms with E-state index in [1.54, 1.807) is 21.6 Å². The predicted molar refractivity (Wildman–Crippen MR) is 134 cm³/mol. The Kier molecular flexibility index (Phi) is 5.16. The molecular formula is C25H17ClN6OS. The Morgan fingerprint density at radius 3 is 2.35 bits per heavy atom. The molecule has 9 heteroatoms. The average molecular weight is 485 g/mol. The lowest BCUT2D eigenvalue weighted by atomic mass is 10.2. The van der Waals surface area contributed by atoms with E-state index in [2.05, 4.69) is 17.2 Å². The molecule has 0 saturated carbocycles. The van der Waals surface area contributed by atoms with E-state index in [1.165, 1.54) is 16.3 Å². The highest BCUT2D eigenvalue weighted by Crippen LogP contribution is 2.29. The summed E-state index contributed by atoms with van der Waals surface area (Å²) in [7, 11) is 0. The van der Waals surface area contributed by atoms with Gasteiger partial charge in [0.05, 0.1) is 16.4 Å². The number of fused-ring (bicyclic) bond motifs is 2. The zero-order valence-corrected chi connectivity index (χ0v) is 19.3. The molecule has 3 aromatic carbocycles. The predicted octanol–water partition coefficient (Wildman–Crippen LogP) is 5.16. The highest BCUT2D eigenvalue weighted by atomic mass is 35.5. The molecule has 0 spiro atoms. The van der Waals surface area contributed by atoms with Crippen LogP contribution in [-0.4, -0.2) is 28.9 Å². The monoisotopic (exact) mass is 484 g/mol. The van der Waals surface area contributed by atoms with Crippen LogP contribution >= 0.6 is 23.4 Å². The van der Waals surface area contributed by atoms with Crippen LogP contribution in [0.5, 0.6) is 0 Å². The Morgan fingerprint density at radius 1 is 0.882 bits per heavy atom. The molecule has 0 aliphatic heterocycles. The first kappa shape index (κ1) is 20.7. The fourth-order valence-corrected chi connectivity index (χ4v) is 5.01. The Balaban J connectivity index is 1.59. The Labute approximate surface area is 203 Å². The van der Waals surface area contributed by atoms with Gasteiger partial charge in [0, 0.05) is 5.75 Å². The average Bonchev–Trinajstić information content (AvgIpc) is 3.47. The maximum absolute atomic E-state index is 13.6. The number of hydrogen-bond donors (Lipinski definition) is 0. The van der Waals surface area contributed by atoms with Crippen molar-refractivity contribution in [3.8, 4) is 11.4 Å². The zero-order valence-electron chi connectivity index (χ0n) is 17.7. The maximum Gasteiger partial charge on any atom is 0.288 e. The molecule has 0 bridgehead atoms. The molecule has 0 radical (unpaired) electrons. The van der Waals surface area contributed by atoms with Crippen molar-refractivity contribution in [2.24, 2.45) is 0 Å². The van der Waals surface area contributed by atoms with Gasteiger partial charge in [-0.1, -0.05) is 84.0 Å². The lowest BCUT2D eigenvalue weighted by Crippen LogP contribution is -2.17. The molecular weight excluding hydrogens is 468 g/mol. The second-order valence-electron chi connectivity index (χ2n) is 7.61. The third-order valence-electron chi connectivity index (χ3n) is 5.46. The molecule has 34 heavy (non-hydrogen) atoms. The van der Waals surface area contributed by atoms with Crippen molar-refractivity contribution in [1.29, 1.82) is 0 Å². The first-order chi connectivity index (χ1) is 16.7. The molecule has 0 amide bonds. The standard InChI is InChI=1S/C25H17ClN6OS/c26-19-13-7-8-14-20(19)30-16-27-32-24(33)21-22(28-25(30)32)31(18-11-5-2-6-12-18)29-23(21)34-15-17-9-3-1-4-10-17/h1-14,16H,15H2. The molecule has 0 saturated heterocycles. The molecule has 0 aliphatic carbocycles. The minimum absolute atomic E-state index is 0.274. The van der Waals surface area contributed by atoms with E-state index in [1.807, 2.05) is 66.7 Å². The van der Waals surface area contributed by atoms with Crippen molar-refractivity contribution in [3.05, 3.63) is 112 Å². The Morgan fingerprint density at radius 2 is 1.59 bits per heavy atom. The van der Waals surface area contributed by atoms with Gasteiger partial charge in [-0.2, -0.15) is 19.7 Å². The van der Waals surface area contributed by atoms with Crippen LogP contribution in [0.2, 0.25) is 5.02 Å². The van der Waals surface area contributed by atoms with Crippen LogP contribution in [0.3, 0.4) is 0 Å². The van der Waals surface area contributed by atoms with E-state index in [4.69, 9.17) is 21.7 Å². The number of hydrogen-bond acceptors (Lipinski definition) is 5. The highest BCUT2D eigenvalue weighted by Gasteiger charge is 2.22. The third kappa shape index (κ3) is 3.48. The van der Waals surface area contributed by atoms with E-state index >= 15 is 0 Å². The van der Waals surface area contributed by atoms with Crippen LogP contribution < -0.4 is 5.56 Å². The topological polar surface area (TPSA) is 70.0 Å². The van der Waals surface area contributed by atoms with Crippen LogP contribution in [0, 0.1) is 0 Å². The molecule has 3 heterocycles. The molecule has 0 atom stereocenters. The molecule has 0 fully saturated rings. The number of para-hydroxylation sites is 2. The van der Waals surface area contributed by atoms with Crippen LogP contribution in [0.15, 0.2) is 101 Å². The van der Waals surface area contributed by atoms with E-state index < -0.39 is 0 Å². The molecule has 0 N–H and O–H groups in total. The minimum atomic E-state index is -0.274. The highest BCUT2D eigenvalue weighted by molar-refractivity contribution is 7.98. The lowest BCUT2D eigenvalue weighted by molar-refractivity contribution is 0.850. The van der Waals surface area contributed by atoms with Crippen molar-refractivity contribution >= 4 is 40.2 Å². The van der Waals surface area contributed by atoms with Crippen molar-refractivity contribution < 1.29 is 0 Å². The summed E-state index contributed by atoms with van der Waals surface area (Å²) in [6, 6.07) is 27.1. The van der Waals surface area contributed by atoms with Gasteiger partial charge in [0.15, 0.2) is 5.65 Å². The van der Waals surface area contributed by atoms with Gasteiger partial charge in [0.25, 0.3) is 5.56 Å². The number of rotatable bonds is 5. The summed E-state index contributed by atoms with van der Waals surface area (Å²) in [5.74, 6) is 1.04. The van der Waals surface area contributed by atoms with Crippen LogP contribution in [0.1, 0.15) is 5.56 Å². The number of halogens is 1. The van der Waals surface area contributed by atoms with E-state index in [-0.39, 0.29) is 5.56 Å². The van der Waals surface area contributed by atoms with Crippen molar-refractivity contribution in [3.63, 3.8) is 0 Å². The number of aromatic nitrogens is 6. The second kappa shape index (κ2) is 8.48. The van der Waals surface area contributed by atoms with Gasteiger partial charge in [-0.3, -0.25) is 9.36 Å². The van der Waals surface area contributed by atoms with E-state index in [0.29, 0.717) is 38.3 Å². The normalized spacial score (nSPS) is 11.4. The van der Waals surface area contributed by atoms with Crippen molar-refractivity contribution in [2.75, 3.05) is 0 Å². The molecule has 0 unspecified atom stereocenters. The molecule has 0 aliphatic rings. The molecule has 166 valence electrons. The third-order valence-corrected chi connectivity index (χ3v) is 6.82. The van der Waals surface area contributed by atoms with Crippen molar-refractivity contribution in [2.45, 2.75) is 10.8 Å². The minimum Gasteiger partial charge on any atom is -0.266 e. The SMILES string of the molecule is O=c1c2c(SCc3ccccc3)nn(-c3ccccc3)c2nc2n(-c3ccccc3Cl)cnn12. The van der Waals surface area contributed by atoms with Gasteiger partial charge in [0.1, 0.15) is 16.7 Å². The molecule has 7 nitrogen and oxygen atoms in total. The summed E-state index contributed by atoms with van der Waals surface area (Å²) in [6.07, 6.45) is 1.56. The molecule has 6 aromatic rings. The first-order valence-corrected chi connectivity index (χ1v) is 11.9. The van der Waals surface area contributed by atoms with E-state index in [9.17, 15) is 4.79 Å². The summed E-state index contributed by atoms with van der Waals surface area (Å²) in [6.45, 7) is 0. The summed E-state index contributed by atoms with van der Waals surface area (Å²) >= 11 is 7.93. The maximum atomic E-state index is 13.6. The Hall–Kier alpha value is -3.88. The Bertz CT molecular complexity index is 1690. The van der Waals surface area contributed by atoms with Gasteiger partial charge < -0.3 is 0 Å². The zero-order chi connectivity index (χ0) is 23.1. The van der Waals surface area contributed by atoms with Crippen LogP contribution in [0.4, 0.5) is 0 Å².